The fourth-order valence-electron chi connectivity index (χ4n) is 4.21. The molecule has 0 spiro atoms. The summed E-state index contributed by atoms with van der Waals surface area (Å²) in [4.78, 5) is 33.3. The van der Waals surface area contributed by atoms with Crippen LogP contribution in [0.2, 0.25) is 5.02 Å². The molecule has 0 amide bonds. The normalized spacial score (nSPS) is 16.1. The third-order valence-corrected chi connectivity index (χ3v) is 6.10. The molecule has 10 heteroatoms. The van der Waals surface area contributed by atoms with Gasteiger partial charge >= 0.3 is 5.69 Å². The molecule has 5 rings (SSSR count). The molecular weight excluding hydrogens is 418 g/mol. The third-order valence-electron chi connectivity index (χ3n) is 5.73. The largest absolute Gasteiger partial charge is 0.332 e. The summed E-state index contributed by atoms with van der Waals surface area (Å²) in [6.07, 6.45) is 3.69. The summed E-state index contributed by atoms with van der Waals surface area (Å²) >= 11 is 6.28. The molecule has 160 valence electrons. The Morgan fingerprint density at radius 3 is 2.65 bits per heavy atom. The number of rotatable bonds is 3. The smallest absolute Gasteiger partial charge is 0.309 e. The van der Waals surface area contributed by atoms with Gasteiger partial charge in [0.15, 0.2) is 11.2 Å². The topological polar surface area (TPSA) is 82.9 Å². The van der Waals surface area contributed by atoms with Crippen molar-refractivity contribution in [1.82, 2.24) is 28.5 Å². The van der Waals surface area contributed by atoms with Crippen LogP contribution in [0, 0.1) is 5.92 Å². The predicted molar refractivity (Wildman–Crippen MR) is 119 cm³/mol. The molecule has 1 unspecified atom stereocenters. The van der Waals surface area contributed by atoms with Crippen molar-refractivity contribution in [2.24, 2.45) is 20.0 Å². The molecule has 0 aliphatic carbocycles. The van der Waals surface area contributed by atoms with E-state index in [1.165, 1.54) is 9.13 Å². The molecule has 0 radical (unpaired) electrons. The molecule has 1 aliphatic rings. The first-order valence-electron chi connectivity index (χ1n) is 10.0. The molecule has 1 aliphatic heterocycles. The van der Waals surface area contributed by atoms with Crippen molar-refractivity contribution in [1.29, 1.82) is 0 Å². The number of aryl methyl sites for hydroxylation is 2. The maximum Gasteiger partial charge on any atom is 0.332 e. The minimum atomic E-state index is -0.422. The molecule has 1 aromatic carbocycles. The second-order valence-corrected chi connectivity index (χ2v) is 8.51. The van der Waals surface area contributed by atoms with E-state index in [4.69, 9.17) is 16.6 Å². The van der Waals surface area contributed by atoms with Gasteiger partial charge < -0.3 is 9.47 Å². The predicted octanol–water partition coefficient (Wildman–Crippen LogP) is 2.12. The second-order valence-electron chi connectivity index (χ2n) is 8.11. The molecule has 0 saturated carbocycles. The SMILES string of the molecule is CC1CN(c2cnn(C)c2)c2nc3c(c(=O)n(Cc4ccccc4Cl)c(=O)n3C)n2C1. The van der Waals surface area contributed by atoms with Gasteiger partial charge in [-0.3, -0.25) is 18.6 Å². The Balaban J connectivity index is 1.74. The van der Waals surface area contributed by atoms with Gasteiger partial charge in [0.2, 0.25) is 5.95 Å². The summed E-state index contributed by atoms with van der Waals surface area (Å²) in [5.41, 5.74) is 1.62. The molecule has 0 bridgehead atoms. The molecule has 4 heterocycles. The average Bonchev–Trinajstić information content (AvgIpc) is 3.34. The number of hydrogen-bond donors (Lipinski definition) is 0. The highest BCUT2D eigenvalue weighted by Crippen LogP contribution is 2.32. The number of hydrogen-bond acceptors (Lipinski definition) is 5. The fraction of sp³-hybridized carbons (Fsp3) is 0.333. The first kappa shape index (κ1) is 19.6. The first-order chi connectivity index (χ1) is 14.8. The molecule has 0 saturated heterocycles. The number of benzene rings is 1. The number of nitrogens with zero attached hydrogens (tertiary/aromatic N) is 7. The highest BCUT2D eigenvalue weighted by molar-refractivity contribution is 6.31. The Bertz CT molecular complexity index is 1430. The summed E-state index contributed by atoms with van der Waals surface area (Å²) in [6.45, 7) is 3.62. The van der Waals surface area contributed by atoms with Crippen LogP contribution in [0.15, 0.2) is 46.2 Å². The maximum atomic E-state index is 13.5. The molecule has 1 atom stereocenters. The highest BCUT2D eigenvalue weighted by Gasteiger charge is 2.30. The van der Waals surface area contributed by atoms with E-state index in [0.29, 0.717) is 34.2 Å². The Hall–Kier alpha value is -3.33. The average molecular weight is 440 g/mol. The standard InChI is InChI=1S/C21H22ClN7O2/c1-13-9-27(15-8-23-25(2)12-15)20-24-18-17(28(20)10-13)19(30)29(21(31)26(18)3)11-14-6-4-5-7-16(14)22/h4-8,12-13H,9-11H2,1-3H3. The van der Waals surface area contributed by atoms with Crippen molar-refractivity contribution >= 4 is 34.4 Å². The molecule has 31 heavy (non-hydrogen) atoms. The van der Waals surface area contributed by atoms with Gasteiger partial charge in [-0.2, -0.15) is 10.1 Å². The van der Waals surface area contributed by atoms with E-state index in [2.05, 4.69) is 12.0 Å². The molecule has 4 aromatic rings. The number of fused-ring (bicyclic) bond motifs is 3. The van der Waals surface area contributed by atoms with Crippen molar-refractivity contribution in [2.45, 2.75) is 20.0 Å². The van der Waals surface area contributed by atoms with Crippen molar-refractivity contribution < 1.29 is 0 Å². The van der Waals surface area contributed by atoms with Gasteiger partial charge in [0, 0.05) is 38.4 Å². The quantitative estimate of drug-likeness (QED) is 0.488. The highest BCUT2D eigenvalue weighted by atomic mass is 35.5. The Labute approximate surface area is 182 Å². The fourth-order valence-corrected chi connectivity index (χ4v) is 4.40. The molecule has 0 N–H and O–H groups in total. The van der Waals surface area contributed by atoms with E-state index in [0.717, 1.165) is 12.2 Å². The van der Waals surface area contributed by atoms with Gasteiger partial charge in [0.25, 0.3) is 5.56 Å². The van der Waals surface area contributed by atoms with Crippen LogP contribution in [0.5, 0.6) is 0 Å². The van der Waals surface area contributed by atoms with Gasteiger partial charge in [0.1, 0.15) is 0 Å². The molecule has 9 nitrogen and oxygen atoms in total. The van der Waals surface area contributed by atoms with Gasteiger partial charge in [-0.05, 0) is 17.5 Å². The van der Waals surface area contributed by atoms with Crippen LogP contribution in [-0.2, 0) is 27.2 Å². The number of imidazole rings is 1. The van der Waals surface area contributed by atoms with Crippen molar-refractivity contribution in [3.63, 3.8) is 0 Å². The number of aromatic nitrogens is 6. The maximum absolute atomic E-state index is 13.5. The first-order valence-corrected chi connectivity index (χ1v) is 10.4. The summed E-state index contributed by atoms with van der Waals surface area (Å²) in [5.74, 6) is 0.919. The van der Waals surface area contributed by atoms with Crippen molar-refractivity contribution in [2.75, 3.05) is 11.4 Å². The minimum absolute atomic E-state index is 0.101. The second kappa shape index (κ2) is 7.12. The number of halogens is 1. The lowest BCUT2D eigenvalue weighted by molar-refractivity contribution is 0.458. The van der Waals surface area contributed by atoms with Crippen LogP contribution in [0.4, 0.5) is 11.6 Å². The zero-order valence-corrected chi connectivity index (χ0v) is 18.2. The summed E-state index contributed by atoms with van der Waals surface area (Å²) in [6, 6.07) is 7.22. The Morgan fingerprint density at radius 1 is 1.16 bits per heavy atom. The summed E-state index contributed by atoms with van der Waals surface area (Å²) in [7, 11) is 3.50. The molecule has 0 fully saturated rings. The zero-order chi connectivity index (χ0) is 21.9. The van der Waals surface area contributed by atoms with E-state index in [1.807, 2.05) is 40.9 Å². The molecule has 3 aromatic heterocycles. The van der Waals surface area contributed by atoms with Crippen LogP contribution in [0.25, 0.3) is 11.2 Å². The van der Waals surface area contributed by atoms with E-state index in [-0.39, 0.29) is 18.0 Å². The van der Waals surface area contributed by atoms with Gasteiger partial charge in [-0.15, -0.1) is 0 Å². The van der Waals surface area contributed by atoms with Crippen LogP contribution in [0.1, 0.15) is 12.5 Å². The number of anilines is 2. The Kier molecular flexibility index (Phi) is 4.51. The summed E-state index contributed by atoms with van der Waals surface area (Å²) in [5, 5.41) is 4.78. The van der Waals surface area contributed by atoms with Gasteiger partial charge in [-0.25, -0.2) is 4.79 Å². The lowest BCUT2D eigenvalue weighted by Gasteiger charge is -2.31. The van der Waals surface area contributed by atoms with E-state index in [1.54, 1.807) is 24.0 Å². The van der Waals surface area contributed by atoms with Crippen LogP contribution in [-0.4, -0.2) is 35.0 Å². The van der Waals surface area contributed by atoms with E-state index < -0.39 is 5.69 Å². The lowest BCUT2D eigenvalue weighted by atomic mass is 10.1. The monoisotopic (exact) mass is 439 g/mol. The zero-order valence-electron chi connectivity index (χ0n) is 17.5. The van der Waals surface area contributed by atoms with Crippen LogP contribution < -0.4 is 16.1 Å². The van der Waals surface area contributed by atoms with E-state index >= 15 is 0 Å². The minimum Gasteiger partial charge on any atom is -0.309 e. The van der Waals surface area contributed by atoms with Crippen LogP contribution in [0.3, 0.4) is 0 Å². The van der Waals surface area contributed by atoms with Crippen molar-refractivity contribution in [3.05, 3.63) is 68.1 Å². The van der Waals surface area contributed by atoms with Crippen LogP contribution >= 0.6 is 11.6 Å². The molecular formula is C21H22ClN7O2. The van der Waals surface area contributed by atoms with Gasteiger partial charge in [-0.1, -0.05) is 36.7 Å². The van der Waals surface area contributed by atoms with Crippen molar-refractivity contribution in [3.8, 4) is 0 Å². The summed E-state index contributed by atoms with van der Waals surface area (Å²) < 4.78 is 6.31. The van der Waals surface area contributed by atoms with E-state index in [9.17, 15) is 9.59 Å². The van der Waals surface area contributed by atoms with Gasteiger partial charge in [0.05, 0.1) is 18.4 Å². The Morgan fingerprint density at radius 2 is 1.94 bits per heavy atom. The third kappa shape index (κ3) is 3.07. The lowest BCUT2D eigenvalue weighted by Crippen LogP contribution is -2.40.